The maximum Gasteiger partial charge on any atom is 0.0468 e. The largest absolute Gasteiger partial charge is 0.385 e. The highest BCUT2D eigenvalue weighted by Crippen LogP contribution is 2.27. The van der Waals surface area contributed by atoms with Crippen LogP contribution in [0.1, 0.15) is 38.7 Å². The van der Waals surface area contributed by atoms with Crippen molar-refractivity contribution in [3.63, 3.8) is 0 Å². The SMILES string of the molecule is COCCC(CNC(C)(C)C)c1ccccc1Cl. The highest BCUT2D eigenvalue weighted by molar-refractivity contribution is 6.31. The van der Waals surface area contributed by atoms with Crippen LogP contribution in [0, 0.1) is 0 Å². The van der Waals surface area contributed by atoms with Gasteiger partial charge in [0.1, 0.15) is 0 Å². The predicted octanol–water partition coefficient (Wildman–Crippen LogP) is 3.85. The summed E-state index contributed by atoms with van der Waals surface area (Å²) in [6.45, 7) is 8.19. The summed E-state index contributed by atoms with van der Waals surface area (Å²) in [7, 11) is 1.74. The third kappa shape index (κ3) is 5.38. The molecular formula is C15H24ClNO. The summed E-state index contributed by atoms with van der Waals surface area (Å²) in [6, 6.07) is 8.06. The van der Waals surface area contributed by atoms with Crippen LogP contribution >= 0.6 is 11.6 Å². The van der Waals surface area contributed by atoms with E-state index < -0.39 is 0 Å². The number of benzene rings is 1. The van der Waals surface area contributed by atoms with Crippen LogP contribution in [-0.2, 0) is 4.74 Å². The van der Waals surface area contributed by atoms with Crippen LogP contribution in [0.15, 0.2) is 24.3 Å². The van der Waals surface area contributed by atoms with E-state index in [1.165, 1.54) is 5.56 Å². The standard InChI is InChI=1S/C15H24ClNO/c1-15(2,3)17-11-12(9-10-18-4)13-7-5-6-8-14(13)16/h5-8,12,17H,9-11H2,1-4H3. The van der Waals surface area contributed by atoms with E-state index in [-0.39, 0.29) is 5.54 Å². The van der Waals surface area contributed by atoms with Crippen molar-refractivity contribution < 1.29 is 4.74 Å². The monoisotopic (exact) mass is 269 g/mol. The molecule has 0 aromatic heterocycles. The van der Waals surface area contributed by atoms with E-state index in [0.29, 0.717) is 5.92 Å². The third-order valence-electron chi connectivity index (χ3n) is 2.89. The molecule has 0 amide bonds. The Kier molecular flexibility index (Phi) is 6.13. The highest BCUT2D eigenvalue weighted by Gasteiger charge is 2.17. The van der Waals surface area contributed by atoms with E-state index in [4.69, 9.17) is 16.3 Å². The van der Waals surface area contributed by atoms with Gasteiger partial charge in [-0.3, -0.25) is 0 Å². The van der Waals surface area contributed by atoms with E-state index in [9.17, 15) is 0 Å². The average Bonchev–Trinajstić information content (AvgIpc) is 2.29. The van der Waals surface area contributed by atoms with Gasteiger partial charge in [-0.15, -0.1) is 0 Å². The number of ether oxygens (including phenoxy) is 1. The number of halogens is 1. The van der Waals surface area contributed by atoms with Gasteiger partial charge in [-0.05, 0) is 38.8 Å². The maximum absolute atomic E-state index is 6.28. The minimum atomic E-state index is 0.118. The number of nitrogens with one attached hydrogen (secondary N) is 1. The van der Waals surface area contributed by atoms with Crippen molar-refractivity contribution in [2.45, 2.75) is 38.6 Å². The number of rotatable bonds is 6. The first kappa shape index (κ1) is 15.5. The first-order valence-electron chi connectivity index (χ1n) is 6.42. The zero-order chi connectivity index (χ0) is 13.6. The summed E-state index contributed by atoms with van der Waals surface area (Å²) >= 11 is 6.28. The molecule has 0 heterocycles. The van der Waals surface area contributed by atoms with E-state index in [0.717, 1.165) is 24.6 Å². The third-order valence-corrected chi connectivity index (χ3v) is 3.24. The lowest BCUT2D eigenvalue weighted by Crippen LogP contribution is -2.38. The molecular weight excluding hydrogens is 246 g/mol. The molecule has 102 valence electrons. The van der Waals surface area contributed by atoms with Gasteiger partial charge in [0.25, 0.3) is 0 Å². The Labute approximate surface area is 116 Å². The molecule has 1 atom stereocenters. The summed E-state index contributed by atoms with van der Waals surface area (Å²) in [5.41, 5.74) is 1.32. The second-order valence-electron chi connectivity index (χ2n) is 5.63. The minimum Gasteiger partial charge on any atom is -0.385 e. The Hall–Kier alpha value is -0.570. The maximum atomic E-state index is 6.28. The Balaban J connectivity index is 2.75. The van der Waals surface area contributed by atoms with Gasteiger partial charge >= 0.3 is 0 Å². The van der Waals surface area contributed by atoms with Crippen LogP contribution in [0.5, 0.6) is 0 Å². The molecule has 1 aromatic rings. The van der Waals surface area contributed by atoms with Gasteiger partial charge in [-0.2, -0.15) is 0 Å². The molecule has 1 unspecified atom stereocenters. The van der Waals surface area contributed by atoms with Crippen molar-refractivity contribution in [1.82, 2.24) is 5.32 Å². The van der Waals surface area contributed by atoms with E-state index in [1.54, 1.807) is 7.11 Å². The minimum absolute atomic E-state index is 0.118. The van der Waals surface area contributed by atoms with Crippen molar-refractivity contribution in [3.8, 4) is 0 Å². The van der Waals surface area contributed by atoms with Crippen molar-refractivity contribution >= 4 is 11.6 Å². The van der Waals surface area contributed by atoms with Gasteiger partial charge < -0.3 is 10.1 Å². The number of hydrogen-bond acceptors (Lipinski definition) is 2. The molecule has 0 spiro atoms. The molecule has 1 N–H and O–H groups in total. The molecule has 18 heavy (non-hydrogen) atoms. The zero-order valence-electron chi connectivity index (χ0n) is 11.8. The van der Waals surface area contributed by atoms with Crippen molar-refractivity contribution in [1.29, 1.82) is 0 Å². The number of hydrogen-bond donors (Lipinski definition) is 1. The van der Waals surface area contributed by atoms with E-state index in [2.05, 4.69) is 32.2 Å². The predicted molar refractivity (Wildman–Crippen MR) is 78.4 cm³/mol. The normalized spacial score (nSPS) is 13.6. The van der Waals surface area contributed by atoms with Crippen LogP contribution in [0.3, 0.4) is 0 Å². The summed E-state index contributed by atoms with van der Waals surface area (Å²) < 4.78 is 5.19. The molecule has 0 radical (unpaired) electrons. The summed E-state index contributed by atoms with van der Waals surface area (Å²) in [6.07, 6.45) is 0.976. The molecule has 0 saturated carbocycles. The van der Waals surface area contributed by atoms with Gasteiger partial charge in [0, 0.05) is 36.7 Å². The van der Waals surface area contributed by atoms with E-state index in [1.807, 2.05) is 18.2 Å². The van der Waals surface area contributed by atoms with E-state index >= 15 is 0 Å². The Morgan fingerprint density at radius 1 is 1.28 bits per heavy atom. The lowest BCUT2D eigenvalue weighted by Gasteiger charge is -2.26. The van der Waals surface area contributed by atoms with Crippen LogP contribution < -0.4 is 5.32 Å². The lowest BCUT2D eigenvalue weighted by atomic mass is 9.94. The quantitative estimate of drug-likeness (QED) is 0.847. The van der Waals surface area contributed by atoms with Crippen molar-refractivity contribution in [2.75, 3.05) is 20.3 Å². The van der Waals surface area contributed by atoms with Gasteiger partial charge in [0.15, 0.2) is 0 Å². The second kappa shape index (κ2) is 7.13. The molecule has 0 aliphatic rings. The smallest absolute Gasteiger partial charge is 0.0468 e. The summed E-state index contributed by atoms with van der Waals surface area (Å²) in [5.74, 6) is 0.387. The molecule has 2 nitrogen and oxygen atoms in total. The molecule has 3 heteroatoms. The van der Waals surface area contributed by atoms with Gasteiger partial charge in [0.2, 0.25) is 0 Å². The summed E-state index contributed by atoms with van der Waals surface area (Å²) in [4.78, 5) is 0. The van der Waals surface area contributed by atoms with Crippen LogP contribution in [0.25, 0.3) is 0 Å². The number of methoxy groups -OCH3 is 1. The van der Waals surface area contributed by atoms with Crippen LogP contribution in [0.4, 0.5) is 0 Å². The average molecular weight is 270 g/mol. The first-order chi connectivity index (χ1) is 8.44. The molecule has 0 aliphatic heterocycles. The van der Waals surface area contributed by atoms with Gasteiger partial charge in [0.05, 0.1) is 0 Å². The first-order valence-corrected chi connectivity index (χ1v) is 6.80. The Morgan fingerprint density at radius 3 is 2.50 bits per heavy atom. The van der Waals surface area contributed by atoms with Crippen molar-refractivity contribution in [2.24, 2.45) is 0 Å². The fourth-order valence-corrected chi connectivity index (χ4v) is 2.15. The molecule has 0 fully saturated rings. The molecule has 0 bridgehead atoms. The lowest BCUT2D eigenvalue weighted by molar-refractivity contribution is 0.185. The fraction of sp³-hybridized carbons (Fsp3) is 0.600. The second-order valence-corrected chi connectivity index (χ2v) is 6.04. The summed E-state index contributed by atoms with van der Waals surface area (Å²) in [5, 5.41) is 4.38. The Morgan fingerprint density at radius 2 is 1.94 bits per heavy atom. The fourth-order valence-electron chi connectivity index (χ4n) is 1.86. The van der Waals surface area contributed by atoms with Crippen LogP contribution in [-0.4, -0.2) is 25.8 Å². The zero-order valence-corrected chi connectivity index (χ0v) is 12.6. The molecule has 1 rings (SSSR count). The highest BCUT2D eigenvalue weighted by atomic mass is 35.5. The molecule has 0 aliphatic carbocycles. The van der Waals surface area contributed by atoms with Crippen LogP contribution in [0.2, 0.25) is 5.02 Å². The van der Waals surface area contributed by atoms with Gasteiger partial charge in [-0.1, -0.05) is 29.8 Å². The topological polar surface area (TPSA) is 21.3 Å². The molecule has 0 saturated heterocycles. The van der Waals surface area contributed by atoms with Crippen molar-refractivity contribution in [3.05, 3.63) is 34.9 Å². The Bertz CT molecular complexity index is 360. The molecule has 1 aromatic carbocycles. The van der Waals surface area contributed by atoms with Gasteiger partial charge in [-0.25, -0.2) is 0 Å².